The van der Waals surface area contributed by atoms with Crippen LogP contribution in [0.1, 0.15) is 44.5 Å². The second-order valence-electron chi connectivity index (χ2n) is 20.2. The van der Waals surface area contributed by atoms with Crippen molar-refractivity contribution in [3.63, 3.8) is 0 Å². The van der Waals surface area contributed by atoms with Gasteiger partial charge in [0, 0.05) is 34.1 Å². The van der Waals surface area contributed by atoms with Gasteiger partial charge in [0.1, 0.15) is 0 Å². The van der Waals surface area contributed by atoms with Crippen LogP contribution in [-0.2, 0) is 10.8 Å². The van der Waals surface area contributed by atoms with E-state index in [9.17, 15) is 0 Å². The fourth-order valence-corrected chi connectivity index (χ4v) is 14.1. The summed E-state index contributed by atoms with van der Waals surface area (Å²) in [4.78, 5) is 4.82. The minimum absolute atomic E-state index is 0.546. The molecule has 0 atom stereocenters. The van der Waals surface area contributed by atoms with E-state index in [1.165, 1.54) is 99.8 Å². The lowest BCUT2D eigenvalue weighted by Crippen LogP contribution is -2.26. The summed E-state index contributed by atoms with van der Waals surface area (Å²) in [5, 5.41) is 2.55. The molecule has 74 heavy (non-hydrogen) atoms. The first-order valence-electron chi connectivity index (χ1n) is 25.8. The quantitative estimate of drug-likeness (QED) is 0.164. The van der Waals surface area contributed by atoms with Crippen molar-refractivity contribution in [2.75, 3.05) is 9.80 Å². The summed E-state index contributed by atoms with van der Waals surface area (Å²) in [5.74, 6) is 0. The molecular weight excluding hydrogens is 893 g/mol. The molecule has 2 heteroatoms. The number of anilines is 6. The standard InChI is InChI=1S/C72H46N2/c1-5-21-47(22-6-1)73(48-23-7-2-8-24-48)51-37-39-59-67(45-51)71(61-33-17-13-29-53(61)54-30-14-18-34-62(54)71)65-43-41-58-57(69(59)65)42-44-66-70(58)60-40-38-52(74(49-25-9-3-10-26-49)50-27-11-4-12-28-50)46-68(60)72(66)63-35-19-15-31-55(63)56-32-16-20-36-64(56)72/h1-46H. The molecule has 0 radical (unpaired) electrons. The Labute approximate surface area is 431 Å². The Morgan fingerprint density at radius 2 is 0.473 bits per heavy atom. The minimum atomic E-state index is -0.546. The molecule has 0 aliphatic heterocycles. The molecule has 0 saturated carbocycles. The van der Waals surface area contributed by atoms with Crippen molar-refractivity contribution in [1.82, 2.24) is 0 Å². The zero-order valence-corrected chi connectivity index (χ0v) is 40.5. The van der Waals surface area contributed by atoms with Gasteiger partial charge < -0.3 is 9.80 Å². The number of nitrogens with zero attached hydrogens (tertiary/aromatic N) is 2. The van der Waals surface area contributed by atoms with Crippen LogP contribution in [0.25, 0.3) is 55.3 Å². The Hall–Kier alpha value is -9.50. The Balaban J connectivity index is 0.997. The molecule has 0 saturated heterocycles. The molecule has 0 fully saturated rings. The molecule has 0 amide bonds. The van der Waals surface area contributed by atoms with Crippen LogP contribution >= 0.6 is 0 Å². The summed E-state index contributed by atoms with van der Waals surface area (Å²) >= 11 is 0. The lowest BCUT2D eigenvalue weighted by Gasteiger charge is -2.32. The van der Waals surface area contributed by atoms with Gasteiger partial charge in [-0.1, -0.05) is 206 Å². The van der Waals surface area contributed by atoms with Gasteiger partial charge in [0.25, 0.3) is 0 Å². The molecule has 0 N–H and O–H groups in total. The van der Waals surface area contributed by atoms with Gasteiger partial charge in [0.2, 0.25) is 0 Å². The van der Waals surface area contributed by atoms with Crippen LogP contribution in [0.4, 0.5) is 34.1 Å². The SMILES string of the molecule is c1ccc(N(c2ccccc2)c2ccc3c(c2)C2(c4ccccc4-c4ccccc42)c2ccc4c5c(ccc4c2-3)C2(c3ccccc3-c3ccccc32)c2cc(N(c3ccccc3)c3ccccc3)ccc2-5)cc1. The van der Waals surface area contributed by atoms with Crippen LogP contribution in [0.3, 0.4) is 0 Å². The van der Waals surface area contributed by atoms with Gasteiger partial charge in [-0.2, -0.15) is 0 Å². The van der Waals surface area contributed by atoms with Crippen molar-refractivity contribution in [3.8, 4) is 44.5 Å². The first kappa shape index (κ1) is 41.2. The van der Waals surface area contributed by atoms with E-state index in [0.29, 0.717) is 0 Å². The highest BCUT2D eigenvalue weighted by molar-refractivity contribution is 6.14. The van der Waals surface area contributed by atoms with Gasteiger partial charge in [0.05, 0.1) is 10.8 Å². The Bertz CT molecular complexity index is 3810. The second-order valence-corrected chi connectivity index (χ2v) is 20.2. The normalized spacial score (nSPS) is 13.9. The highest BCUT2D eigenvalue weighted by atomic mass is 15.1. The third-order valence-electron chi connectivity index (χ3n) is 16.8. The number of rotatable bonds is 6. The summed E-state index contributed by atoms with van der Waals surface area (Å²) in [7, 11) is 0. The highest BCUT2D eigenvalue weighted by Gasteiger charge is 2.55. The summed E-state index contributed by atoms with van der Waals surface area (Å²) in [5.41, 5.74) is 26.7. The fourth-order valence-electron chi connectivity index (χ4n) is 14.1. The smallest absolute Gasteiger partial charge is 0.0726 e. The lowest BCUT2D eigenvalue weighted by molar-refractivity contribution is 0.793. The molecule has 2 nitrogen and oxygen atoms in total. The molecule has 0 heterocycles. The predicted octanol–water partition coefficient (Wildman–Crippen LogP) is 18.5. The topological polar surface area (TPSA) is 6.48 Å². The predicted molar refractivity (Wildman–Crippen MR) is 306 cm³/mol. The number of para-hydroxylation sites is 4. The molecule has 344 valence electrons. The van der Waals surface area contributed by atoms with Gasteiger partial charge in [0.15, 0.2) is 0 Å². The maximum absolute atomic E-state index is 2.51. The average molecular weight is 939 g/mol. The van der Waals surface area contributed by atoms with Crippen molar-refractivity contribution in [1.29, 1.82) is 0 Å². The van der Waals surface area contributed by atoms with Crippen LogP contribution in [-0.4, -0.2) is 0 Å². The van der Waals surface area contributed by atoms with Gasteiger partial charge >= 0.3 is 0 Å². The molecule has 4 aliphatic carbocycles. The third-order valence-corrected chi connectivity index (χ3v) is 16.8. The molecule has 0 unspecified atom stereocenters. The van der Waals surface area contributed by atoms with E-state index in [0.717, 1.165) is 34.1 Å². The van der Waals surface area contributed by atoms with E-state index in [1.54, 1.807) is 0 Å². The summed E-state index contributed by atoms with van der Waals surface area (Å²) < 4.78 is 0. The minimum Gasteiger partial charge on any atom is -0.310 e. The van der Waals surface area contributed by atoms with E-state index in [4.69, 9.17) is 0 Å². The van der Waals surface area contributed by atoms with Crippen LogP contribution in [0, 0.1) is 0 Å². The molecule has 4 aliphatic rings. The first-order chi connectivity index (χ1) is 36.7. The van der Waals surface area contributed by atoms with E-state index in [-0.39, 0.29) is 0 Å². The van der Waals surface area contributed by atoms with Crippen LogP contribution in [0.2, 0.25) is 0 Å². The zero-order chi connectivity index (χ0) is 48.5. The molecular formula is C72H46N2. The summed E-state index contributed by atoms with van der Waals surface area (Å²) in [6, 6.07) is 104. The molecule has 0 aromatic heterocycles. The van der Waals surface area contributed by atoms with Crippen LogP contribution in [0.5, 0.6) is 0 Å². The lowest BCUT2D eigenvalue weighted by atomic mass is 9.69. The molecule has 16 rings (SSSR count). The number of fused-ring (bicyclic) bond motifs is 23. The number of hydrogen-bond donors (Lipinski definition) is 0. The van der Waals surface area contributed by atoms with Crippen molar-refractivity contribution in [2.45, 2.75) is 10.8 Å². The monoisotopic (exact) mass is 938 g/mol. The number of benzene rings is 12. The van der Waals surface area contributed by atoms with Gasteiger partial charge in [-0.05, 0) is 173 Å². The Morgan fingerprint density at radius 1 is 0.189 bits per heavy atom. The van der Waals surface area contributed by atoms with Gasteiger partial charge in [-0.25, -0.2) is 0 Å². The van der Waals surface area contributed by atoms with Gasteiger partial charge in [-0.3, -0.25) is 0 Å². The number of hydrogen-bond acceptors (Lipinski definition) is 2. The van der Waals surface area contributed by atoms with Gasteiger partial charge in [-0.15, -0.1) is 0 Å². The average Bonchev–Trinajstić information content (AvgIpc) is 4.17. The largest absolute Gasteiger partial charge is 0.310 e. The Kier molecular flexibility index (Phi) is 8.62. The van der Waals surface area contributed by atoms with Crippen molar-refractivity contribution >= 4 is 44.9 Å². The zero-order valence-electron chi connectivity index (χ0n) is 40.5. The van der Waals surface area contributed by atoms with Crippen molar-refractivity contribution in [3.05, 3.63) is 324 Å². The van der Waals surface area contributed by atoms with E-state index >= 15 is 0 Å². The highest BCUT2D eigenvalue weighted by Crippen LogP contribution is 2.68. The maximum atomic E-state index is 2.51. The molecule has 12 aromatic rings. The molecule has 0 bridgehead atoms. The third kappa shape index (κ3) is 5.33. The first-order valence-corrected chi connectivity index (χ1v) is 25.8. The molecule has 12 aromatic carbocycles. The van der Waals surface area contributed by atoms with Crippen LogP contribution < -0.4 is 9.80 Å². The van der Waals surface area contributed by atoms with Crippen LogP contribution in [0.15, 0.2) is 279 Å². The molecule has 2 spiro atoms. The van der Waals surface area contributed by atoms with E-state index in [2.05, 4.69) is 289 Å². The van der Waals surface area contributed by atoms with Crippen molar-refractivity contribution in [2.24, 2.45) is 0 Å². The summed E-state index contributed by atoms with van der Waals surface area (Å²) in [6.45, 7) is 0. The second kappa shape index (κ2) is 15.5. The fraction of sp³-hybridized carbons (Fsp3) is 0.0278. The Morgan fingerprint density at radius 3 is 0.784 bits per heavy atom. The summed E-state index contributed by atoms with van der Waals surface area (Å²) in [6.07, 6.45) is 0. The maximum Gasteiger partial charge on any atom is 0.0726 e. The van der Waals surface area contributed by atoms with E-state index < -0.39 is 10.8 Å². The van der Waals surface area contributed by atoms with Crippen molar-refractivity contribution < 1.29 is 0 Å². The van der Waals surface area contributed by atoms with E-state index in [1.807, 2.05) is 0 Å².